The highest BCUT2D eigenvalue weighted by molar-refractivity contribution is 6.30. The molecule has 0 fully saturated rings. The minimum atomic E-state index is 0.586. The molecule has 0 aliphatic rings. The Morgan fingerprint density at radius 3 is 2.88 bits per heavy atom. The summed E-state index contributed by atoms with van der Waals surface area (Å²) in [6.07, 6.45) is 3.87. The van der Waals surface area contributed by atoms with Crippen molar-refractivity contribution in [3.8, 4) is 0 Å². The van der Waals surface area contributed by atoms with Crippen LogP contribution in [0.1, 0.15) is 25.2 Å². The number of aliphatic imine (C=N–C) groups is 1. The number of guanidine groups is 1. The number of rotatable bonds is 6. The molecule has 1 aromatic carbocycles. The first kappa shape index (κ1) is 18.3. The first-order valence-corrected chi connectivity index (χ1v) is 8.53. The number of hydrogen-bond donors (Lipinski definition) is 1. The van der Waals surface area contributed by atoms with Crippen LogP contribution in [-0.4, -0.2) is 34.5 Å². The van der Waals surface area contributed by atoms with E-state index in [1.54, 1.807) is 7.05 Å². The molecule has 0 aliphatic carbocycles. The fraction of sp³-hybridized carbons (Fsp3) is 0.444. The number of hydrogen-bond acceptors (Lipinski definition) is 2. The van der Waals surface area contributed by atoms with Gasteiger partial charge in [0, 0.05) is 44.6 Å². The second kappa shape index (κ2) is 8.73. The standard InChI is InChI=1S/C18H26ClN5/c1-14(2)12-24-9-8-21-17(24)11-22-18(20-3)23(4)13-15-6-5-7-16(19)10-15/h5-10,14H,11-13H2,1-4H3,(H,20,22). The third kappa shape index (κ3) is 5.27. The van der Waals surface area contributed by atoms with Gasteiger partial charge in [-0.1, -0.05) is 37.6 Å². The molecule has 0 atom stereocenters. The summed E-state index contributed by atoms with van der Waals surface area (Å²) >= 11 is 6.05. The molecule has 130 valence electrons. The van der Waals surface area contributed by atoms with E-state index in [2.05, 4.69) is 44.7 Å². The topological polar surface area (TPSA) is 45.5 Å². The van der Waals surface area contributed by atoms with Crippen molar-refractivity contribution in [3.05, 3.63) is 53.1 Å². The molecule has 0 aliphatic heterocycles. The van der Waals surface area contributed by atoms with Crippen LogP contribution < -0.4 is 5.32 Å². The van der Waals surface area contributed by atoms with E-state index in [1.165, 1.54) is 0 Å². The maximum Gasteiger partial charge on any atom is 0.194 e. The predicted octanol–water partition coefficient (Wildman–Crippen LogP) is 3.40. The van der Waals surface area contributed by atoms with Gasteiger partial charge in [-0.15, -0.1) is 0 Å². The second-order valence-electron chi connectivity index (χ2n) is 6.28. The molecule has 2 aromatic rings. The lowest BCUT2D eigenvalue weighted by molar-refractivity contribution is 0.468. The molecule has 0 spiro atoms. The average molecular weight is 348 g/mol. The molecule has 6 heteroatoms. The van der Waals surface area contributed by atoms with Gasteiger partial charge in [0.15, 0.2) is 5.96 Å². The van der Waals surface area contributed by atoms with Crippen LogP contribution in [0.5, 0.6) is 0 Å². The third-order valence-corrected chi connectivity index (χ3v) is 3.89. The summed E-state index contributed by atoms with van der Waals surface area (Å²) in [5.41, 5.74) is 1.15. The lowest BCUT2D eigenvalue weighted by atomic mass is 10.2. The molecule has 0 amide bonds. The van der Waals surface area contributed by atoms with Gasteiger partial charge >= 0.3 is 0 Å². The molecule has 5 nitrogen and oxygen atoms in total. The van der Waals surface area contributed by atoms with E-state index in [-0.39, 0.29) is 0 Å². The summed E-state index contributed by atoms with van der Waals surface area (Å²) in [5.74, 6) is 2.43. The van der Waals surface area contributed by atoms with Crippen molar-refractivity contribution in [1.82, 2.24) is 19.8 Å². The number of aromatic nitrogens is 2. The molecule has 0 radical (unpaired) electrons. The van der Waals surface area contributed by atoms with E-state index in [1.807, 2.05) is 37.6 Å². The van der Waals surface area contributed by atoms with Crippen LogP contribution in [0, 0.1) is 5.92 Å². The quantitative estimate of drug-likeness (QED) is 0.643. The Morgan fingerprint density at radius 1 is 1.42 bits per heavy atom. The van der Waals surface area contributed by atoms with E-state index < -0.39 is 0 Å². The summed E-state index contributed by atoms with van der Waals surface area (Å²) in [5, 5.41) is 4.13. The number of nitrogens with one attached hydrogen (secondary N) is 1. The van der Waals surface area contributed by atoms with Crippen molar-refractivity contribution in [1.29, 1.82) is 0 Å². The fourth-order valence-electron chi connectivity index (χ4n) is 2.59. The van der Waals surface area contributed by atoms with Gasteiger partial charge in [0.25, 0.3) is 0 Å². The van der Waals surface area contributed by atoms with Crippen LogP contribution in [0.3, 0.4) is 0 Å². The van der Waals surface area contributed by atoms with Crippen molar-refractivity contribution in [2.75, 3.05) is 14.1 Å². The van der Waals surface area contributed by atoms with Gasteiger partial charge < -0.3 is 14.8 Å². The number of halogens is 1. The maximum absolute atomic E-state index is 6.05. The molecule has 1 aromatic heterocycles. The average Bonchev–Trinajstić information content (AvgIpc) is 2.94. The number of nitrogens with zero attached hydrogens (tertiary/aromatic N) is 4. The van der Waals surface area contributed by atoms with Gasteiger partial charge in [-0.3, -0.25) is 4.99 Å². The van der Waals surface area contributed by atoms with Gasteiger partial charge in [0.05, 0.1) is 6.54 Å². The van der Waals surface area contributed by atoms with Crippen LogP contribution in [0.2, 0.25) is 5.02 Å². The van der Waals surface area contributed by atoms with Crippen molar-refractivity contribution < 1.29 is 0 Å². The summed E-state index contributed by atoms with van der Waals surface area (Å²) in [6.45, 7) is 6.75. The lowest BCUT2D eigenvalue weighted by Crippen LogP contribution is -2.38. The van der Waals surface area contributed by atoms with Crippen LogP contribution in [0.25, 0.3) is 0 Å². The molecule has 1 heterocycles. The van der Waals surface area contributed by atoms with Crippen LogP contribution in [-0.2, 0) is 19.6 Å². The van der Waals surface area contributed by atoms with E-state index >= 15 is 0 Å². The van der Waals surface area contributed by atoms with E-state index in [0.29, 0.717) is 12.5 Å². The summed E-state index contributed by atoms with van der Waals surface area (Å²) in [7, 11) is 3.80. The fourth-order valence-corrected chi connectivity index (χ4v) is 2.81. The number of imidazole rings is 1. The minimum Gasteiger partial charge on any atom is -0.349 e. The van der Waals surface area contributed by atoms with Crippen LogP contribution in [0.4, 0.5) is 0 Å². The molecule has 0 saturated heterocycles. The highest BCUT2D eigenvalue weighted by Gasteiger charge is 2.09. The second-order valence-corrected chi connectivity index (χ2v) is 6.71. The number of benzene rings is 1. The normalized spacial score (nSPS) is 11.8. The maximum atomic E-state index is 6.05. The third-order valence-electron chi connectivity index (χ3n) is 3.65. The van der Waals surface area contributed by atoms with Crippen LogP contribution in [0.15, 0.2) is 41.7 Å². The Hall–Kier alpha value is -2.01. The van der Waals surface area contributed by atoms with Gasteiger partial charge in [0.1, 0.15) is 5.82 Å². The summed E-state index contributed by atoms with van der Waals surface area (Å²) in [4.78, 5) is 10.9. The van der Waals surface area contributed by atoms with Crippen molar-refractivity contribution in [2.24, 2.45) is 10.9 Å². The van der Waals surface area contributed by atoms with E-state index in [4.69, 9.17) is 11.6 Å². The molecule has 24 heavy (non-hydrogen) atoms. The minimum absolute atomic E-state index is 0.586. The zero-order valence-electron chi connectivity index (χ0n) is 14.8. The lowest BCUT2D eigenvalue weighted by Gasteiger charge is -2.22. The molecule has 2 rings (SSSR count). The molecule has 0 unspecified atom stereocenters. The Labute approximate surface area is 149 Å². The Balaban J connectivity index is 1.96. The Bertz CT molecular complexity index is 678. The van der Waals surface area contributed by atoms with Crippen LogP contribution >= 0.6 is 11.6 Å². The highest BCUT2D eigenvalue weighted by Crippen LogP contribution is 2.12. The zero-order chi connectivity index (χ0) is 17.5. The molecular formula is C18H26ClN5. The van der Waals surface area contributed by atoms with E-state index in [9.17, 15) is 0 Å². The summed E-state index contributed by atoms with van der Waals surface area (Å²) in [6, 6.07) is 7.88. The first-order valence-electron chi connectivity index (χ1n) is 8.15. The van der Waals surface area contributed by atoms with Gasteiger partial charge in [0.2, 0.25) is 0 Å². The van der Waals surface area contributed by atoms with Crippen molar-refractivity contribution in [2.45, 2.75) is 33.5 Å². The highest BCUT2D eigenvalue weighted by atomic mass is 35.5. The monoisotopic (exact) mass is 347 g/mol. The zero-order valence-corrected chi connectivity index (χ0v) is 15.6. The molecule has 0 saturated carbocycles. The SMILES string of the molecule is CN=C(NCc1nccn1CC(C)C)N(C)Cc1cccc(Cl)c1. The molecular weight excluding hydrogens is 322 g/mol. The smallest absolute Gasteiger partial charge is 0.194 e. The van der Waals surface area contributed by atoms with Gasteiger partial charge in [-0.25, -0.2) is 4.98 Å². The van der Waals surface area contributed by atoms with E-state index in [0.717, 1.165) is 35.5 Å². The Morgan fingerprint density at radius 2 is 2.21 bits per heavy atom. The Kier molecular flexibility index (Phi) is 6.67. The first-order chi connectivity index (χ1) is 11.5. The molecule has 1 N–H and O–H groups in total. The van der Waals surface area contributed by atoms with Gasteiger partial charge in [-0.05, 0) is 23.6 Å². The van der Waals surface area contributed by atoms with Gasteiger partial charge in [-0.2, -0.15) is 0 Å². The van der Waals surface area contributed by atoms with Crippen molar-refractivity contribution >= 4 is 17.6 Å². The molecule has 0 bridgehead atoms. The van der Waals surface area contributed by atoms with Crippen molar-refractivity contribution in [3.63, 3.8) is 0 Å². The summed E-state index contributed by atoms with van der Waals surface area (Å²) < 4.78 is 2.18. The predicted molar refractivity (Wildman–Crippen MR) is 100 cm³/mol. The largest absolute Gasteiger partial charge is 0.349 e.